The van der Waals surface area contributed by atoms with Crippen LogP contribution in [0, 0.1) is 5.82 Å². The molecular weight excluding hydrogens is 307 g/mol. The van der Waals surface area contributed by atoms with Gasteiger partial charge in [0.15, 0.2) is 0 Å². The van der Waals surface area contributed by atoms with Gasteiger partial charge in [0, 0.05) is 24.7 Å². The van der Waals surface area contributed by atoms with Gasteiger partial charge in [-0.1, -0.05) is 36.4 Å². The average Bonchev–Trinajstić information content (AvgIpc) is 2.54. The van der Waals surface area contributed by atoms with Gasteiger partial charge in [-0.2, -0.15) is 0 Å². The molecule has 0 radical (unpaired) electrons. The quantitative estimate of drug-likeness (QED) is 0.697. The number of rotatable bonds is 8. The molecule has 2 rings (SSSR count). The number of hydrogen-bond acceptors (Lipinski definition) is 3. The fraction of sp³-hybridized carbons (Fsp3) is 0.316. The van der Waals surface area contributed by atoms with Crippen molar-refractivity contribution in [2.45, 2.75) is 31.9 Å². The van der Waals surface area contributed by atoms with Crippen LogP contribution in [-0.4, -0.2) is 29.7 Å². The number of carbonyl (C=O) groups excluding carboxylic acids is 1. The number of aliphatic hydroxyl groups excluding tert-OH is 1. The lowest BCUT2D eigenvalue weighted by Gasteiger charge is -2.17. The summed E-state index contributed by atoms with van der Waals surface area (Å²) in [7, 11) is 0. The van der Waals surface area contributed by atoms with Gasteiger partial charge in [0.05, 0.1) is 6.10 Å². The molecule has 2 aromatic rings. The largest absolute Gasteiger partial charge is 0.391 e. The van der Waals surface area contributed by atoms with Crippen LogP contribution in [0.5, 0.6) is 0 Å². The third kappa shape index (κ3) is 6.48. The number of carbonyl (C=O) groups is 1. The van der Waals surface area contributed by atoms with E-state index in [-0.39, 0.29) is 24.2 Å². The van der Waals surface area contributed by atoms with Crippen LogP contribution in [0.1, 0.15) is 18.9 Å². The van der Waals surface area contributed by atoms with E-state index in [0.29, 0.717) is 18.7 Å². The van der Waals surface area contributed by atoms with Crippen molar-refractivity contribution in [1.82, 2.24) is 5.32 Å². The highest BCUT2D eigenvalue weighted by atomic mass is 19.1. The van der Waals surface area contributed by atoms with Gasteiger partial charge in [-0.25, -0.2) is 4.39 Å². The van der Waals surface area contributed by atoms with E-state index in [9.17, 15) is 14.3 Å². The van der Waals surface area contributed by atoms with E-state index in [2.05, 4.69) is 10.6 Å². The third-order valence-electron chi connectivity index (χ3n) is 3.62. The number of amides is 1. The Kier molecular flexibility index (Phi) is 6.90. The van der Waals surface area contributed by atoms with E-state index in [0.717, 1.165) is 5.56 Å². The Bertz CT molecular complexity index is 649. The molecule has 24 heavy (non-hydrogen) atoms. The smallest absolute Gasteiger partial charge is 0.225 e. The number of halogens is 1. The van der Waals surface area contributed by atoms with Gasteiger partial charge in [-0.15, -0.1) is 0 Å². The maximum absolute atomic E-state index is 13.1. The Labute approximate surface area is 141 Å². The Morgan fingerprint density at radius 2 is 1.92 bits per heavy atom. The second kappa shape index (κ2) is 9.15. The number of aliphatic hydroxyl groups is 1. The molecular formula is C19H23FN2O2. The molecule has 5 heteroatoms. The molecule has 0 fully saturated rings. The van der Waals surface area contributed by atoms with Gasteiger partial charge in [0.25, 0.3) is 0 Å². The van der Waals surface area contributed by atoms with Crippen molar-refractivity contribution in [3.63, 3.8) is 0 Å². The zero-order valence-corrected chi connectivity index (χ0v) is 13.7. The number of benzene rings is 2. The molecule has 0 heterocycles. The van der Waals surface area contributed by atoms with E-state index in [4.69, 9.17) is 0 Å². The summed E-state index contributed by atoms with van der Waals surface area (Å²) >= 11 is 0. The first-order valence-corrected chi connectivity index (χ1v) is 8.03. The first-order chi connectivity index (χ1) is 11.5. The predicted octanol–water partition coefficient (Wildman–Crippen LogP) is 2.74. The maximum Gasteiger partial charge on any atom is 0.225 e. The van der Waals surface area contributed by atoms with Crippen molar-refractivity contribution in [2.24, 2.45) is 0 Å². The standard InChI is InChI=1S/C19H23FN2O2/c1-14(10-19(24)22-17-9-5-8-16(20)12-17)21-13-18(23)11-15-6-3-2-4-7-15/h2-9,12,14,18,21,23H,10-11,13H2,1H3,(H,22,24). The van der Waals surface area contributed by atoms with Gasteiger partial charge in [-0.05, 0) is 37.1 Å². The fourth-order valence-corrected chi connectivity index (χ4v) is 2.42. The van der Waals surface area contributed by atoms with E-state index >= 15 is 0 Å². The second-order valence-electron chi connectivity index (χ2n) is 5.92. The van der Waals surface area contributed by atoms with Crippen molar-refractivity contribution in [1.29, 1.82) is 0 Å². The van der Waals surface area contributed by atoms with Crippen molar-refractivity contribution < 1.29 is 14.3 Å². The van der Waals surface area contributed by atoms with Gasteiger partial charge >= 0.3 is 0 Å². The minimum atomic E-state index is -0.513. The van der Waals surface area contributed by atoms with Crippen molar-refractivity contribution in [3.8, 4) is 0 Å². The molecule has 2 aromatic carbocycles. The highest BCUT2D eigenvalue weighted by molar-refractivity contribution is 5.91. The third-order valence-corrected chi connectivity index (χ3v) is 3.62. The molecule has 0 aliphatic rings. The van der Waals surface area contributed by atoms with Crippen molar-refractivity contribution >= 4 is 11.6 Å². The monoisotopic (exact) mass is 330 g/mol. The molecule has 2 unspecified atom stereocenters. The summed E-state index contributed by atoms with van der Waals surface area (Å²) in [6, 6.07) is 15.5. The summed E-state index contributed by atoms with van der Waals surface area (Å²) in [4.78, 5) is 11.9. The van der Waals surface area contributed by atoms with Gasteiger partial charge in [0.1, 0.15) is 5.82 Å². The normalized spacial score (nSPS) is 13.3. The van der Waals surface area contributed by atoms with E-state index in [1.807, 2.05) is 37.3 Å². The summed E-state index contributed by atoms with van der Waals surface area (Å²) in [6.07, 6.45) is 0.297. The maximum atomic E-state index is 13.1. The second-order valence-corrected chi connectivity index (χ2v) is 5.92. The molecule has 0 saturated heterocycles. The lowest BCUT2D eigenvalue weighted by Crippen LogP contribution is -2.36. The molecule has 0 spiro atoms. The molecule has 128 valence electrons. The van der Waals surface area contributed by atoms with Gasteiger partial charge in [-0.3, -0.25) is 4.79 Å². The first-order valence-electron chi connectivity index (χ1n) is 8.03. The lowest BCUT2D eigenvalue weighted by molar-refractivity contribution is -0.116. The van der Waals surface area contributed by atoms with Crippen molar-refractivity contribution in [2.75, 3.05) is 11.9 Å². The molecule has 2 atom stereocenters. The van der Waals surface area contributed by atoms with Gasteiger partial charge in [0.2, 0.25) is 5.91 Å². The summed E-state index contributed by atoms with van der Waals surface area (Å²) in [5, 5.41) is 15.9. The Hall–Kier alpha value is -2.24. The average molecular weight is 330 g/mol. The van der Waals surface area contributed by atoms with Crippen LogP contribution in [0.15, 0.2) is 54.6 Å². The zero-order chi connectivity index (χ0) is 17.4. The predicted molar refractivity (Wildman–Crippen MR) is 93.3 cm³/mol. The van der Waals surface area contributed by atoms with Crippen LogP contribution in [0.4, 0.5) is 10.1 Å². The van der Waals surface area contributed by atoms with Crippen LogP contribution in [0.3, 0.4) is 0 Å². The summed E-state index contributed by atoms with van der Waals surface area (Å²) in [6.45, 7) is 2.28. The highest BCUT2D eigenvalue weighted by Gasteiger charge is 2.12. The summed E-state index contributed by atoms with van der Waals surface area (Å²) in [5.74, 6) is -0.582. The van der Waals surface area contributed by atoms with Crippen LogP contribution in [-0.2, 0) is 11.2 Å². The molecule has 0 aromatic heterocycles. The fourth-order valence-electron chi connectivity index (χ4n) is 2.42. The van der Waals surface area contributed by atoms with Gasteiger partial charge < -0.3 is 15.7 Å². The summed E-state index contributed by atoms with van der Waals surface area (Å²) in [5.41, 5.74) is 1.51. The minimum Gasteiger partial charge on any atom is -0.391 e. The highest BCUT2D eigenvalue weighted by Crippen LogP contribution is 2.10. The van der Waals surface area contributed by atoms with Crippen LogP contribution in [0.2, 0.25) is 0 Å². The van der Waals surface area contributed by atoms with E-state index < -0.39 is 6.10 Å². The number of nitrogens with one attached hydrogen (secondary N) is 2. The Morgan fingerprint density at radius 3 is 2.62 bits per heavy atom. The zero-order valence-electron chi connectivity index (χ0n) is 13.7. The Morgan fingerprint density at radius 1 is 1.17 bits per heavy atom. The van der Waals surface area contributed by atoms with Crippen LogP contribution in [0.25, 0.3) is 0 Å². The molecule has 0 saturated carbocycles. The molecule has 4 nitrogen and oxygen atoms in total. The van der Waals surface area contributed by atoms with Crippen molar-refractivity contribution in [3.05, 3.63) is 66.0 Å². The summed E-state index contributed by atoms with van der Waals surface area (Å²) < 4.78 is 13.1. The molecule has 1 amide bonds. The Balaban J connectivity index is 1.70. The first kappa shape index (κ1) is 18.1. The molecule has 0 aliphatic heterocycles. The SMILES string of the molecule is CC(CC(=O)Nc1cccc(F)c1)NCC(O)Cc1ccccc1. The lowest BCUT2D eigenvalue weighted by atomic mass is 10.1. The van der Waals surface area contributed by atoms with Crippen LogP contribution < -0.4 is 10.6 Å². The number of hydrogen-bond donors (Lipinski definition) is 3. The van der Waals surface area contributed by atoms with E-state index in [1.165, 1.54) is 12.1 Å². The minimum absolute atomic E-state index is 0.0935. The molecule has 0 bridgehead atoms. The number of anilines is 1. The topological polar surface area (TPSA) is 61.4 Å². The van der Waals surface area contributed by atoms with Crippen LogP contribution >= 0.6 is 0 Å². The molecule has 0 aliphatic carbocycles. The van der Waals surface area contributed by atoms with E-state index in [1.54, 1.807) is 12.1 Å². The molecule has 3 N–H and O–H groups in total.